The van der Waals surface area contributed by atoms with E-state index in [1.807, 2.05) is 11.0 Å². The standard InChI is InChI=1S/C14H21N3O4S/c1-11-10-21-5-2-17(11)12-8-13(15-14(18)9-12)16-3-6-22(19,20)7-4-16/h8-9,11H,2-7,10H2,1H3,(H,15,18)/t11-/m1/s1. The SMILES string of the molecule is C[C@@H]1COCCN1c1cc(N2CCS(=O)(=O)CC2)[nH]c(=O)c1. The fraction of sp³-hybridized carbons (Fsp3) is 0.643. The summed E-state index contributed by atoms with van der Waals surface area (Å²) in [5, 5.41) is 0. The van der Waals surface area contributed by atoms with E-state index in [9.17, 15) is 13.2 Å². The number of morpholine rings is 1. The fourth-order valence-electron chi connectivity index (χ4n) is 2.91. The van der Waals surface area contributed by atoms with Crippen LogP contribution >= 0.6 is 0 Å². The van der Waals surface area contributed by atoms with Gasteiger partial charge in [0.1, 0.15) is 5.82 Å². The van der Waals surface area contributed by atoms with Crippen molar-refractivity contribution in [3.63, 3.8) is 0 Å². The van der Waals surface area contributed by atoms with E-state index in [0.29, 0.717) is 32.1 Å². The maximum atomic E-state index is 12.0. The van der Waals surface area contributed by atoms with Crippen LogP contribution < -0.4 is 15.4 Å². The summed E-state index contributed by atoms with van der Waals surface area (Å²) in [5.41, 5.74) is 0.697. The minimum atomic E-state index is -2.93. The molecule has 2 aliphatic rings. The Labute approximate surface area is 129 Å². The van der Waals surface area contributed by atoms with E-state index < -0.39 is 9.84 Å². The molecule has 0 unspecified atom stereocenters. The summed E-state index contributed by atoms with van der Waals surface area (Å²) < 4.78 is 28.5. The molecule has 0 spiro atoms. The highest BCUT2D eigenvalue weighted by Gasteiger charge is 2.24. The zero-order chi connectivity index (χ0) is 15.7. The Balaban J connectivity index is 1.85. The molecule has 122 valence electrons. The number of pyridine rings is 1. The normalized spacial score (nSPS) is 25.2. The van der Waals surface area contributed by atoms with E-state index in [0.717, 1.165) is 12.2 Å². The van der Waals surface area contributed by atoms with Crippen LogP contribution in [-0.2, 0) is 14.6 Å². The molecule has 0 aliphatic carbocycles. The van der Waals surface area contributed by atoms with Crippen LogP contribution in [-0.4, -0.2) is 63.8 Å². The van der Waals surface area contributed by atoms with Gasteiger partial charge in [0, 0.05) is 43.5 Å². The van der Waals surface area contributed by atoms with Gasteiger partial charge in [-0.3, -0.25) is 4.79 Å². The summed E-state index contributed by atoms with van der Waals surface area (Å²) in [4.78, 5) is 18.9. The van der Waals surface area contributed by atoms with Crippen LogP contribution in [0.5, 0.6) is 0 Å². The molecule has 0 radical (unpaired) electrons. The van der Waals surface area contributed by atoms with E-state index >= 15 is 0 Å². The van der Waals surface area contributed by atoms with Gasteiger partial charge in [-0.25, -0.2) is 8.42 Å². The predicted octanol–water partition coefficient (Wildman–Crippen LogP) is -0.165. The molecule has 7 nitrogen and oxygen atoms in total. The highest BCUT2D eigenvalue weighted by molar-refractivity contribution is 7.91. The lowest BCUT2D eigenvalue weighted by atomic mass is 10.2. The second-order valence-corrected chi connectivity index (χ2v) is 8.15. The number of ether oxygens (including phenoxy) is 1. The van der Waals surface area contributed by atoms with Gasteiger partial charge in [-0.2, -0.15) is 0 Å². The summed E-state index contributed by atoms with van der Waals surface area (Å²) in [6.45, 7) is 4.94. The highest BCUT2D eigenvalue weighted by atomic mass is 32.2. The van der Waals surface area contributed by atoms with Crippen LogP contribution in [0.3, 0.4) is 0 Å². The van der Waals surface area contributed by atoms with Crippen LogP contribution in [0.15, 0.2) is 16.9 Å². The number of aromatic nitrogens is 1. The maximum absolute atomic E-state index is 12.0. The summed E-state index contributed by atoms with van der Waals surface area (Å²) in [7, 11) is -2.93. The van der Waals surface area contributed by atoms with Gasteiger partial charge >= 0.3 is 0 Å². The van der Waals surface area contributed by atoms with Crippen molar-refractivity contribution in [2.75, 3.05) is 54.2 Å². The van der Waals surface area contributed by atoms with Gasteiger partial charge in [0.05, 0.1) is 24.7 Å². The maximum Gasteiger partial charge on any atom is 0.251 e. The first-order chi connectivity index (χ1) is 10.4. The van der Waals surface area contributed by atoms with E-state index in [1.165, 1.54) is 0 Å². The van der Waals surface area contributed by atoms with Gasteiger partial charge in [-0.15, -0.1) is 0 Å². The molecule has 22 heavy (non-hydrogen) atoms. The first-order valence-electron chi connectivity index (χ1n) is 7.49. The molecule has 0 aromatic carbocycles. The molecule has 1 aromatic heterocycles. The Kier molecular flexibility index (Phi) is 4.14. The number of nitrogens with one attached hydrogen (secondary N) is 1. The van der Waals surface area contributed by atoms with Crippen LogP contribution in [0, 0.1) is 0 Å². The molecule has 0 saturated carbocycles. The molecule has 1 atom stereocenters. The summed E-state index contributed by atoms with van der Waals surface area (Å²) >= 11 is 0. The van der Waals surface area contributed by atoms with Gasteiger partial charge in [0.15, 0.2) is 9.84 Å². The molecule has 1 N–H and O–H groups in total. The Morgan fingerprint density at radius 1 is 1.23 bits per heavy atom. The van der Waals surface area contributed by atoms with Crippen molar-refractivity contribution in [3.8, 4) is 0 Å². The Morgan fingerprint density at radius 3 is 2.64 bits per heavy atom. The molecule has 2 aliphatic heterocycles. The third-order valence-corrected chi connectivity index (χ3v) is 5.81. The summed E-state index contributed by atoms with van der Waals surface area (Å²) in [6, 6.07) is 3.73. The lowest BCUT2D eigenvalue weighted by Gasteiger charge is -2.36. The van der Waals surface area contributed by atoms with Crippen LogP contribution in [0.1, 0.15) is 6.92 Å². The van der Waals surface area contributed by atoms with Gasteiger partial charge in [-0.05, 0) is 6.92 Å². The average Bonchev–Trinajstić information content (AvgIpc) is 2.47. The quantitative estimate of drug-likeness (QED) is 0.812. The van der Waals surface area contributed by atoms with E-state index in [-0.39, 0.29) is 23.1 Å². The van der Waals surface area contributed by atoms with Gasteiger partial charge in [-0.1, -0.05) is 0 Å². The lowest BCUT2D eigenvalue weighted by molar-refractivity contribution is 0.0989. The number of aromatic amines is 1. The third-order valence-electron chi connectivity index (χ3n) is 4.20. The fourth-order valence-corrected chi connectivity index (χ4v) is 4.12. The molecule has 2 fully saturated rings. The topological polar surface area (TPSA) is 82.7 Å². The number of nitrogens with zero attached hydrogens (tertiary/aromatic N) is 2. The van der Waals surface area contributed by atoms with Crippen molar-refractivity contribution in [2.45, 2.75) is 13.0 Å². The molecule has 1 aromatic rings. The van der Waals surface area contributed by atoms with E-state index in [4.69, 9.17) is 4.74 Å². The number of hydrogen-bond donors (Lipinski definition) is 1. The number of sulfone groups is 1. The second-order valence-electron chi connectivity index (χ2n) is 5.84. The van der Waals surface area contributed by atoms with Crippen molar-refractivity contribution in [1.29, 1.82) is 0 Å². The number of H-pyrrole nitrogens is 1. The molecule has 0 bridgehead atoms. The first kappa shape index (κ1) is 15.4. The molecule has 8 heteroatoms. The zero-order valence-electron chi connectivity index (χ0n) is 12.6. The van der Waals surface area contributed by atoms with Gasteiger partial charge in [0.2, 0.25) is 0 Å². The van der Waals surface area contributed by atoms with Crippen LogP contribution in [0.25, 0.3) is 0 Å². The molecule has 3 rings (SSSR count). The first-order valence-corrected chi connectivity index (χ1v) is 9.31. The average molecular weight is 327 g/mol. The highest BCUT2D eigenvalue weighted by Crippen LogP contribution is 2.23. The van der Waals surface area contributed by atoms with Crippen molar-refractivity contribution in [1.82, 2.24) is 4.98 Å². The van der Waals surface area contributed by atoms with Crippen LogP contribution in [0.2, 0.25) is 0 Å². The summed E-state index contributed by atoms with van der Waals surface area (Å²) in [5.74, 6) is 0.955. The molecule has 3 heterocycles. The minimum Gasteiger partial charge on any atom is -0.377 e. The predicted molar refractivity (Wildman–Crippen MR) is 85.6 cm³/mol. The van der Waals surface area contributed by atoms with Crippen molar-refractivity contribution >= 4 is 21.3 Å². The number of anilines is 2. The third kappa shape index (κ3) is 3.27. The lowest BCUT2D eigenvalue weighted by Crippen LogP contribution is -2.44. The van der Waals surface area contributed by atoms with Crippen molar-refractivity contribution in [3.05, 3.63) is 22.5 Å². The number of hydrogen-bond acceptors (Lipinski definition) is 6. The monoisotopic (exact) mass is 327 g/mol. The zero-order valence-corrected chi connectivity index (χ0v) is 13.4. The minimum absolute atomic E-state index is 0.132. The Morgan fingerprint density at radius 2 is 1.95 bits per heavy atom. The molecular formula is C14H21N3O4S. The van der Waals surface area contributed by atoms with Gasteiger partial charge < -0.3 is 19.5 Å². The van der Waals surface area contributed by atoms with E-state index in [2.05, 4.69) is 16.8 Å². The van der Waals surface area contributed by atoms with Crippen molar-refractivity contribution < 1.29 is 13.2 Å². The number of rotatable bonds is 2. The smallest absolute Gasteiger partial charge is 0.251 e. The van der Waals surface area contributed by atoms with Crippen LogP contribution in [0.4, 0.5) is 11.5 Å². The molecular weight excluding hydrogens is 306 g/mol. The Bertz CT molecular complexity index is 686. The molecule has 2 saturated heterocycles. The van der Waals surface area contributed by atoms with Crippen molar-refractivity contribution in [2.24, 2.45) is 0 Å². The van der Waals surface area contributed by atoms with E-state index in [1.54, 1.807) is 6.07 Å². The molecule has 0 amide bonds. The largest absolute Gasteiger partial charge is 0.377 e. The second kappa shape index (κ2) is 5.92. The summed E-state index contributed by atoms with van der Waals surface area (Å²) in [6.07, 6.45) is 0. The Hall–Kier alpha value is -1.54. The van der Waals surface area contributed by atoms with Gasteiger partial charge in [0.25, 0.3) is 5.56 Å².